The van der Waals surface area contributed by atoms with Crippen LogP contribution < -0.4 is 0 Å². The number of ketones is 1. The van der Waals surface area contributed by atoms with Crippen molar-refractivity contribution in [3.05, 3.63) is 35.4 Å². The molecule has 0 fully saturated rings. The van der Waals surface area contributed by atoms with E-state index in [1.54, 1.807) is 0 Å². The van der Waals surface area contributed by atoms with Crippen LogP contribution in [0.25, 0.3) is 0 Å². The van der Waals surface area contributed by atoms with Crippen LogP contribution in [0.4, 0.5) is 8.78 Å². The SMILES string of the molecule is COCCCC(=O)c1cccc(F)c1F. The minimum absolute atomic E-state index is 0.161. The summed E-state index contributed by atoms with van der Waals surface area (Å²) in [6.07, 6.45) is 0.666. The zero-order valence-corrected chi connectivity index (χ0v) is 8.43. The number of hydrogen-bond donors (Lipinski definition) is 0. The first-order valence-corrected chi connectivity index (χ1v) is 4.63. The normalized spacial score (nSPS) is 10.3. The molecule has 0 aliphatic rings. The number of benzene rings is 1. The number of rotatable bonds is 5. The summed E-state index contributed by atoms with van der Waals surface area (Å²) in [5.41, 5.74) is -0.189. The molecule has 4 heteroatoms. The van der Waals surface area contributed by atoms with Gasteiger partial charge in [0, 0.05) is 20.1 Å². The molecule has 0 bridgehead atoms. The molecule has 0 spiro atoms. The van der Waals surface area contributed by atoms with Crippen molar-refractivity contribution in [1.29, 1.82) is 0 Å². The first-order chi connectivity index (χ1) is 7.16. The monoisotopic (exact) mass is 214 g/mol. The lowest BCUT2D eigenvalue weighted by molar-refractivity contribution is 0.0958. The standard InChI is InChI=1S/C11H12F2O2/c1-15-7-3-6-10(14)8-4-2-5-9(12)11(8)13/h2,4-5H,3,6-7H2,1H3. The van der Waals surface area contributed by atoms with Gasteiger partial charge in [-0.25, -0.2) is 8.78 Å². The van der Waals surface area contributed by atoms with Gasteiger partial charge >= 0.3 is 0 Å². The van der Waals surface area contributed by atoms with Gasteiger partial charge in [0.25, 0.3) is 0 Å². The molecule has 0 saturated heterocycles. The molecule has 0 unspecified atom stereocenters. The average molecular weight is 214 g/mol. The molecule has 1 rings (SSSR count). The topological polar surface area (TPSA) is 26.3 Å². The Morgan fingerprint density at radius 1 is 1.40 bits per heavy atom. The Bertz CT molecular complexity index is 350. The van der Waals surface area contributed by atoms with Crippen LogP contribution in [0.1, 0.15) is 23.2 Å². The van der Waals surface area contributed by atoms with Gasteiger partial charge in [-0.3, -0.25) is 4.79 Å². The van der Waals surface area contributed by atoms with Gasteiger partial charge in [-0.2, -0.15) is 0 Å². The molecule has 0 N–H and O–H groups in total. The summed E-state index contributed by atoms with van der Waals surface area (Å²) in [4.78, 5) is 11.4. The zero-order valence-electron chi connectivity index (χ0n) is 8.43. The number of methoxy groups -OCH3 is 1. The zero-order chi connectivity index (χ0) is 11.3. The highest BCUT2D eigenvalue weighted by Crippen LogP contribution is 2.13. The summed E-state index contributed by atoms with van der Waals surface area (Å²) in [5, 5.41) is 0. The fourth-order valence-electron chi connectivity index (χ4n) is 1.23. The van der Waals surface area contributed by atoms with Crippen LogP contribution in [-0.2, 0) is 4.74 Å². The van der Waals surface area contributed by atoms with Crippen molar-refractivity contribution in [3.8, 4) is 0 Å². The van der Waals surface area contributed by atoms with Gasteiger partial charge in [0.05, 0.1) is 5.56 Å². The molecular weight excluding hydrogens is 202 g/mol. The molecule has 0 saturated carbocycles. The fourth-order valence-corrected chi connectivity index (χ4v) is 1.23. The van der Waals surface area contributed by atoms with Gasteiger partial charge in [0.2, 0.25) is 0 Å². The minimum atomic E-state index is -1.07. The number of Topliss-reactive ketones (excluding diaryl/α,β-unsaturated/α-hetero) is 1. The number of carbonyl (C=O) groups excluding carboxylic acids is 1. The maximum atomic E-state index is 13.1. The minimum Gasteiger partial charge on any atom is -0.385 e. The molecule has 0 atom stereocenters. The maximum Gasteiger partial charge on any atom is 0.169 e. The maximum absolute atomic E-state index is 13.1. The molecule has 0 heterocycles. The van der Waals surface area contributed by atoms with Gasteiger partial charge in [-0.15, -0.1) is 0 Å². The van der Waals surface area contributed by atoms with E-state index in [1.165, 1.54) is 19.2 Å². The third-order valence-corrected chi connectivity index (χ3v) is 2.00. The molecule has 0 radical (unpaired) electrons. The van der Waals surface area contributed by atoms with Crippen molar-refractivity contribution < 1.29 is 18.3 Å². The van der Waals surface area contributed by atoms with E-state index in [0.717, 1.165) is 6.07 Å². The van der Waals surface area contributed by atoms with Crippen molar-refractivity contribution >= 4 is 5.78 Å². The Hall–Kier alpha value is -1.29. The highest BCUT2D eigenvalue weighted by atomic mass is 19.2. The summed E-state index contributed by atoms with van der Waals surface area (Å²) in [6.45, 7) is 0.433. The smallest absolute Gasteiger partial charge is 0.169 e. The van der Waals surface area contributed by atoms with Crippen molar-refractivity contribution in [3.63, 3.8) is 0 Å². The van der Waals surface area contributed by atoms with Gasteiger partial charge in [0.15, 0.2) is 17.4 Å². The fraction of sp³-hybridized carbons (Fsp3) is 0.364. The summed E-state index contributed by atoms with van der Waals surface area (Å²) < 4.78 is 30.7. The van der Waals surface area contributed by atoms with E-state index < -0.39 is 17.4 Å². The van der Waals surface area contributed by atoms with E-state index in [4.69, 9.17) is 4.74 Å². The highest BCUT2D eigenvalue weighted by molar-refractivity contribution is 5.96. The van der Waals surface area contributed by atoms with E-state index >= 15 is 0 Å². The molecule has 1 aromatic rings. The van der Waals surface area contributed by atoms with Crippen LogP contribution in [-0.4, -0.2) is 19.5 Å². The molecule has 0 amide bonds. The van der Waals surface area contributed by atoms with E-state index in [0.29, 0.717) is 13.0 Å². The van der Waals surface area contributed by atoms with E-state index in [9.17, 15) is 13.6 Å². The number of carbonyl (C=O) groups is 1. The summed E-state index contributed by atoms with van der Waals surface area (Å²) >= 11 is 0. The van der Waals surface area contributed by atoms with Crippen LogP contribution >= 0.6 is 0 Å². The molecule has 15 heavy (non-hydrogen) atoms. The Morgan fingerprint density at radius 2 is 2.13 bits per heavy atom. The number of hydrogen-bond acceptors (Lipinski definition) is 2. The predicted octanol–water partition coefficient (Wildman–Crippen LogP) is 2.57. The summed E-state index contributed by atoms with van der Waals surface area (Å²) in [5.74, 6) is -2.46. The number of halogens is 2. The lowest BCUT2D eigenvalue weighted by atomic mass is 10.1. The molecular formula is C11H12F2O2. The van der Waals surface area contributed by atoms with E-state index in [1.807, 2.05) is 0 Å². The molecule has 0 aliphatic carbocycles. The summed E-state index contributed by atoms with van der Waals surface area (Å²) in [6, 6.07) is 3.59. The van der Waals surface area contributed by atoms with Crippen molar-refractivity contribution in [2.24, 2.45) is 0 Å². The molecule has 0 aliphatic heterocycles. The Labute approximate surface area is 86.9 Å². The quantitative estimate of drug-likeness (QED) is 0.556. The second-order valence-electron chi connectivity index (χ2n) is 3.12. The van der Waals surface area contributed by atoms with Gasteiger partial charge in [-0.05, 0) is 18.6 Å². The van der Waals surface area contributed by atoms with Crippen molar-refractivity contribution in [1.82, 2.24) is 0 Å². The Balaban J connectivity index is 2.69. The van der Waals surface area contributed by atoms with Crippen LogP contribution in [0.3, 0.4) is 0 Å². The molecule has 1 aromatic carbocycles. The predicted molar refractivity (Wildman–Crippen MR) is 51.8 cm³/mol. The molecule has 0 aromatic heterocycles. The Kier molecular flexibility index (Phi) is 4.37. The third-order valence-electron chi connectivity index (χ3n) is 2.00. The average Bonchev–Trinajstić information content (AvgIpc) is 2.22. The van der Waals surface area contributed by atoms with E-state index in [-0.39, 0.29) is 12.0 Å². The van der Waals surface area contributed by atoms with E-state index in [2.05, 4.69) is 0 Å². The molecule has 2 nitrogen and oxygen atoms in total. The van der Waals surface area contributed by atoms with Crippen molar-refractivity contribution in [2.45, 2.75) is 12.8 Å². The van der Waals surface area contributed by atoms with Gasteiger partial charge < -0.3 is 4.74 Å². The number of ether oxygens (including phenoxy) is 1. The van der Waals surface area contributed by atoms with Gasteiger partial charge in [-0.1, -0.05) is 6.07 Å². The second-order valence-corrected chi connectivity index (χ2v) is 3.12. The van der Waals surface area contributed by atoms with Crippen molar-refractivity contribution in [2.75, 3.05) is 13.7 Å². The largest absolute Gasteiger partial charge is 0.385 e. The van der Waals surface area contributed by atoms with Crippen LogP contribution in [0.5, 0.6) is 0 Å². The van der Waals surface area contributed by atoms with Crippen LogP contribution in [0.2, 0.25) is 0 Å². The first-order valence-electron chi connectivity index (χ1n) is 4.63. The van der Waals surface area contributed by atoms with Crippen LogP contribution in [0.15, 0.2) is 18.2 Å². The summed E-state index contributed by atoms with van der Waals surface area (Å²) in [7, 11) is 1.52. The Morgan fingerprint density at radius 3 is 2.80 bits per heavy atom. The lowest BCUT2D eigenvalue weighted by Gasteiger charge is -2.02. The first kappa shape index (κ1) is 11.8. The van der Waals surface area contributed by atoms with Crippen LogP contribution in [0, 0.1) is 11.6 Å². The van der Waals surface area contributed by atoms with Gasteiger partial charge in [0.1, 0.15) is 0 Å². The third kappa shape index (κ3) is 3.09. The second kappa shape index (κ2) is 5.56. The lowest BCUT2D eigenvalue weighted by Crippen LogP contribution is -2.05. The molecule has 82 valence electrons. The highest BCUT2D eigenvalue weighted by Gasteiger charge is 2.14.